The number of hydrogen-bond donors (Lipinski definition) is 1. The van der Waals surface area contributed by atoms with Gasteiger partial charge in [0.25, 0.3) is 0 Å². The Kier molecular flexibility index (Phi) is 8.16. The third-order valence-electron chi connectivity index (χ3n) is 4.86. The molecular weight excluding hydrogens is 376 g/mol. The molecule has 0 amide bonds. The summed E-state index contributed by atoms with van der Waals surface area (Å²) in [5.74, 6) is 1.50. The minimum absolute atomic E-state index is 0. The predicted molar refractivity (Wildman–Crippen MR) is 104 cm³/mol. The van der Waals surface area contributed by atoms with Gasteiger partial charge in [0.05, 0.1) is 11.5 Å². The lowest BCUT2D eigenvalue weighted by atomic mass is 10.1. The molecule has 2 fully saturated rings. The van der Waals surface area contributed by atoms with E-state index in [1.807, 2.05) is 0 Å². The maximum absolute atomic E-state index is 12.8. The van der Waals surface area contributed by atoms with Crippen LogP contribution in [0.25, 0.3) is 0 Å². The highest BCUT2D eigenvalue weighted by molar-refractivity contribution is 7.89. The molecule has 1 saturated heterocycles. The number of halogens is 1. The number of nitrogens with zero attached hydrogens (tertiary/aromatic N) is 1. The lowest BCUT2D eigenvalue weighted by Gasteiger charge is -2.31. The molecule has 1 aliphatic heterocycles. The number of nitrogens with one attached hydrogen (secondary N) is 1. The number of piperidine rings is 1. The van der Waals surface area contributed by atoms with Crippen LogP contribution in [0.2, 0.25) is 0 Å². The number of hydrogen-bond acceptors (Lipinski definition) is 5. The van der Waals surface area contributed by atoms with Gasteiger partial charge in [0.15, 0.2) is 0 Å². The Hall–Kier alpha value is -0.860. The van der Waals surface area contributed by atoms with E-state index in [0.717, 1.165) is 25.3 Å². The predicted octanol–water partition coefficient (Wildman–Crippen LogP) is 2.29. The molecule has 0 radical (unpaired) electrons. The highest BCUT2D eigenvalue weighted by Gasteiger charge is 2.30. The standard InChI is InChI=1S/C18H28N2O4S.ClH/c1-23-12-13-24-17-4-6-18(7-5-17)25(21,22)20-10-8-16(9-11-20)19-14-15-2-3-15;/h4-7,15-16,19H,2-3,8-14H2,1H3;1H. The summed E-state index contributed by atoms with van der Waals surface area (Å²) in [5.41, 5.74) is 0. The van der Waals surface area contributed by atoms with Gasteiger partial charge in [-0.05, 0) is 62.4 Å². The Labute approximate surface area is 162 Å². The van der Waals surface area contributed by atoms with E-state index in [1.165, 1.54) is 12.8 Å². The topological polar surface area (TPSA) is 67.9 Å². The summed E-state index contributed by atoms with van der Waals surface area (Å²) in [6.07, 6.45) is 4.44. The van der Waals surface area contributed by atoms with Crippen LogP contribution >= 0.6 is 12.4 Å². The van der Waals surface area contributed by atoms with E-state index in [4.69, 9.17) is 9.47 Å². The van der Waals surface area contributed by atoms with Gasteiger partial charge in [-0.2, -0.15) is 4.31 Å². The molecule has 1 aliphatic carbocycles. The van der Waals surface area contributed by atoms with E-state index >= 15 is 0 Å². The van der Waals surface area contributed by atoms with Crippen LogP contribution in [0.3, 0.4) is 0 Å². The molecule has 148 valence electrons. The first-order valence-electron chi connectivity index (χ1n) is 9.05. The summed E-state index contributed by atoms with van der Waals surface area (Å²) in [6.45, 7) is 3.20. The molecule has 0 atom stereocenters. The molecule has 1 saturated carbocycles. The molecule has 0 spiro atoms. The Bertz CT molecular complexity index is 642. The van der Waals surface area contributed by atoms with Crippen molar-refractivity contribution in [3.63, 3.8) is 0 Å². The van der Waals surface area contributed by atoms with Gasteiger partial charge in [-0.25, -0.2) is 8.42 Å². The molecule has 0 bridgehead atoms. The minimum atomic E-state index is -3.42. The largest absolute Gasteiger partial charge is 0.491 e. The van der Waals surface area contributed by atoms with Gasteiger partial charge >= 0.3 is 0 Å². The zero-order chi connectivity index (χ0) is 17.7. The Balaban J connectivity index is 0.00000243. The van der Waals surface area contributed by atoms with Crippen LogP contribution in [-0.2, 0) is 14.8 Å². The number of ether oxygens (including phenoxy) is 2. The van der Waals surface area contributed by atoms with E-state index < -0.39 is 10.0 Å². The third-order valence-corrected chi connectivity index (χ3v) is 6.78. The van der Waals surface area contributed by atoms with Crippen LogP contribution in [0.1, 0.15) is 25.7 Å². The van der Waals surface area contributed by atoms with Crippen molar-refractivity contribution in [2.75, 3.05) is 40.0 Å². The average molecular weight is 405 g/mol. The second-order valence-electron chi connectivity index (χ2n) is 6.84. The molecule has 2 aliphatic rings. The smallest absolute Gasteiger partial charge is 0.243 e. The number of sulfonamides is 1. The van der Waals surface area contributed by atoms with Crippen LogP contribution in [0.15, 0.2) is 29.2 Å². The second kappa shape index (κ2) is 9.90. The zero-order valence-corrected chi connectivity index (χ0v) is 16.9. The van der Waals surface area contributed by atoms with Gasteiger partial charge in [0, 0.05) is 26.2 Å². The van der Waals surface area contributed by atoms with Crippen molar-refractivity contribution in [2.45, 2.75) is 36.6 Å². The van der Waals surface area contributed by atoms with Crippen molar-refractivity contribution in [1.29, 1.82) is 0 Å². The quantitative estimate of drug-likeness (QED) is 0.639. The summed E-state index contributed by atoms with van der Waals surface area (Å²) in [4.78, 5) is 0.330. The molecule has 3 rings (SSSR count). The monoisotopic (exact) mass is 404 g/mol. The fourth-order valence-electron chi connectivity index (χ4n) is 3.06. The summed E-state index contributed by atoms with van der Waals surface area (Å²) >= 11 is 0. The molecule has 0 unspecified atom stereocenters. The van der Waals surface area contributed by atoms with Gasteiger partial charge in [-0.15, -0.1) is 12.4 Å². The van der Waals surface area contributed by atoms with Crippen molar-refractivity contribution in [3.05, 3.63) is 24.3 Å². The lowest BCUT2D eigenvalue weighted by molar-refractivity contribution is 0.146. The molecule has 8 heteroatoms. The second-order valence-corrected chi connectivity index (χ2v) is 8.78. The van der Waals surface area contributed by atoms with Crippen LogP contribution in [0.5, 0.6) is 5.75 Å². The normalized spacial score (nSPS) is 19.1. The maximum atomic E-state index is 12.8. The first-order chi connectivity index (χ1) is 12.1. The summed E-state index contributed by atoms with van der Waals surface area (Å²) in [6, 6.07) is 7.09. The first-order valence-corrected chi connectivity index (χ1v) is 10.5. The SMILES string of the molecule is COCCOc1ccc(S(=O)(=O)N2CCC(NCC3CC3)CC2)cc1.Cl. The van der Waals surface area contributed by atoms with Crippen molar-refractivity contribution < 1.29 is 17.9 Å². The van der Waals surface area contributed by atoms with Gasteiger partial charge in [-0.1, -0.05) is 0 Å². The molecule has 1 N–H and O–H groups in total. The fourth-order valence-corrected chi connectivity index (χ4v) is 4.53. The van der Waals surface area contributed by atoms with Crippen LogP contribution in [0, 0.1) is 5.92 Å². The maximum Gasteiger partial charge on any atom is 0.243 e. The summed E-state index contributed by atoms with van der Waals surface area (Å²) < 4.78 is 37.6. The lowest BCUT2D eigenvalue weighted by Crippen LogP contribution is -2.45. The first kappa shape index (κ1) is 21.4. The highest BCUT2D eigenvalue weighted by Crippen LogP contribution is 2.28. The van der Waals surface area contributed by atoms with Crippen LogP contribution in [0.4, 0.5) is 0 Å². The van der Waals surface area contributed by atoms with E-state index in [0.29, 0.717) is 43.0 Å². The van der Waals surface area contributed by atoms with E-state index in [1.54, 1.807) is 35.7 Å². The highest BCUT2D eigenvalue weighted by atomic mass is 35.5. The Morgan fingerprint density at radius 1 is 1.08 bits per heavy atom. The van der Waals surface area contributed by atoms with Gasteiger partial charge < -0.3 is 14.8 Å². The van der Waals surface area contributed by atoms with Crippen molar-refractivity contribution in [1.82, 2.24) is 9.62 Å². The van der Waals surface area contributed by atoms with Gasteiger partial charge in [0.1, 0.15) is 12.4 Å². The fraction of sp³-hybridized carbons (Fsp3) is 0.667. The van der Waals surface area contributed by atoms with Crippen molar-refractivity contribution in [3.8, 4) is 5.75 Å². The van der Waals surface area contributed by atoms with E-state index in [2.05, 4.69) is 5.32 Å². The van der Waals surface area contributed by atoms with E-state index in [-0.39, 0.29) is 12.4 Å². The molecule has 6 nitrogen and oxygen atoms in total. The Morgan fingerprint density at radius 3 is 2.31 bits per heavy atom. The molecule has 1 aromatic rings. The van der Waals surface area contributed by atoms with Crippen molar-refractivity contribution in [2.24, 2.45) is 5.92 Å². The Morgan fingerprint density at radius 2 is 1.73 bits per heavy atom. The molecule has 1 heterocycles. The van der Waals surface area contributed by atoms with E-state index in [9.17, 15) is 8.42 Å². The third kappa shape index (κ3) is 5.82. The summed E-state index contributed by atoms with van der Waals surface area (Å²) in [7, 11) is -1.81. The number of methoxy groups -OCH3 is 1. The number of benzene rings is 1. The van der Waals surface area contributed by atoms with Crippen LogP contribution in [-0.4, -0.2) is 58.7 Å². The minimum Gasteiger partial charge on any atom is -0.491 e. The molecule has 26 heavy (non-hydrogen) atoms. The zero-order valence-electron chi connectivity index (χ0n) is 15.2. The number of rotatable bonds is 9. The molecule has 0 aromatic heterocycles. The molecule has 1 aromatic carbocycles. The average Bonchev–Trinajstić information content (AvgIpc) is 3.45. The van der Waals surface area contributed by atoms with Gasteiger partial charge in [0.2, 0.25) is 10.0 Å². The van der Waals surface area contributed by atoms with Crippen molar-refractivity contribution >= 4 is 22.4 Å². The van der Waals surface area contributed by atoms with Crippen LogP contribution < -0.4 is 10.1 Å². The molecular formula is C18H29ClN2O4S. The van der Waals surface area contributed by atoms with Gasteiger partial charge in [-0.3, -0.25) is 0 Å². The summed E-state index contributed by atoms with van der Waals surface area (Å²) in [5, 5.41) is 3.58.